The number of anilines is 1. The third-order valence-electron chi connectivity index (χ3n) is 3.65. The lowest BCUT2D eigenvalue weighted by molar-refractivity contribution is -0.122. The lowest BCUT2D eigenvalue weighted by Gasteiger charge is -2.27. The molecule has 0 aliphatic carbocycles. The van der Waals surface area contributed by atoms with E-state index in [4.69, 9.17) is 5.73 Å². The van der Waals surface area contributed by atoms with E-state index in [0.29, 0.717) is 6.54 Å². The molecule has 104 valence electrons. The Morgan fingerprint density at radius 3 is 2.79 bits per heavy atom. The average molecular weight is 326 g/mol. The smallest absolute Gasteiger partial charge is 0.245 e. The summed E-state index contributed by atoms with van der Waals surface area (Å²) in [6.45, 7) is 4.05. The summed E-state index contributed by atoms with van der Waals surface area (Å²) in [6, 6.07) is 5.80. The third-order valence-corrected chi connectivity index (χ3v) is 4.54. The minimum Gasteiger partial charge on any atom is -0.328 e. The highest BCUT2D eigenvalue weighted by atomic mass is 79.9. The predicted molar refractivity (Wildman–Crippen MR) is 81.3 cm³/mol. The van der Waals surface area contributed by atoms with E-state index in [1.165, 1.54) is 0 Å². The first kappa shape index (κ1) is 14.5. The molecule has 5 heteroatoms. The highest BCUT2D eigenvalue weighted by Gasteiger charge is 2.30. The van der Waals surface area contributed by atoms with Crippen molar-refractivity contribution in [2.45, 2.75) is 19.4 Å². The summed E-state index contributed by atoms with van der Waals surface area (Å²) in [5.41, 5.74) is 7.84. The molecule has 4 nitrogen and oxygen atoms in total. The number of amides is 1. The zero-order chi connectivity index (χ0) is 14.0. The summed E-state index contributed by atoms with van der Waals surface area (Å²) in [5, 5.41) is 0. The van der Waals surface area contributed by atoms with Gasteiger partial charge in [0.05, 0.1) is 0 Å². The largest absolute Gasteiger partial charge is 0.328 e. The molecule has 19 heavy (non-hydrogen) atoms. The second kappa shape index (κ2) is 6.03. The Balaban J connectivity index is 2.31. The Kier molecular flexibility index (Phi) is 4.60. The molecular weight excluding hydrogens is 306 g/mol. The zero-order valence-electron chi connectivity index (χ0n) is 11.4. The zero-order valence-corrected chi connectivity index (χ0v) is 13.0. The number of aryl methyl sites for hydroxylation is 1. The van der Waals surface area contributed by atoms with Gasteiger partial charge in [-0.05, 0) is 44.2 Å². The van der Waals surface area contributed by atoms with E-state index < -0.39 is 0 Å². The SMILES string of the molecule is Cc1cc(N2CCCN(C)C(CN)C2=O)ccc1Br. The maximum Gasteiger partial charge on any atom is 0.245 e. The van der Waals surface area contributed by atoms with Gasteiger partial charge in [-0.25, -0.2) is 0 Å². The quantitative estimate of drug-likeness (QED) is 0.901. The molecule has 2 N–H and O–H groups in total. The van der Waals surface area contributed by atoms with Gasteiger partial charge < -0.3 is 10.6 Å². The number of halogens is 1. The summed E-state index contributed by atoms with van der Waals surface area (Å²) in [4.78, 5) is 16.5. The second-order valence-corrected chi connectivity index (χ2v) is 5.86. The predicted octanol–water partition coefficient (Wildman–Crippen LogP) is 1.75. The first-order valence-electron chi connectivity index (χ1n) is 6.52. The first-order chi connectivity index (χ1) is 9.04. The van der Waals surface area contributed by atoms with E-state index in [0.717, 1.165) is 35.2 Å². The Bertz CT molecular complexity index is 478. The van der Waals surface area contributed by atoms with Crippen molar-refractivity contribution in [3.63, 3.8) is 0 Å². The van der Waals surface area contributed by atoms with Crippen LogP contribution in [0.15, 0.2) is 22.7 Å². The molecular formula is C14H20BrN3O. The molecule has 1 aromatic rings. The van der Waals surface area contributed by atoms with Gasteiger partial charge in [0.15, 0.2) is 0 Å². The molecule has 0 saturated carbocycles. The Hall–Kier alpha value is -0.910. The van der Waals surface area contributed by atoms with E-state index in [1.54, 1.807) is 0 Å². The standard InChI is InChI=1S/C14H20BrN3O/c1-10-8-11(4-5-12(10)15)18-7-3-6-17(2)13(9-16)14(18)19/h4-5,8,13H,3,6-7,9,16H2,1-2H3. The van der Waals surface area contributed by atoms with Crippen LogP contribution in [0, 0.1) is 6.92 Å². The van der Waals surface area contributed by atoms with Crippen molar-refractivity contribution in [3.8, 4) is 0 Å². The van der Waals surface area contributed by atoms with E-state index in [-0.39, 0.29) is 11.9 Å². The van der Waals surface area contributed by atoms with Crippen LogP contribution in [0.1, 0.15) is 12.0 Å². The van der Waals surface area contributed by atoms with Crippen LogP contribution in [0.3, 0.4) is 0 Å². The van der Waals surface area contributed by atoms with Gasteiger partial charge >= 0.3 is 0 Å². The summed E-state index contributed by atoms with van der Waals surface area (Å²) in [7, 11) is 1.96. The fourth-order valence-electron chi connectivity index (χ4n) is 2.45. The minimum absolute atomic E-state index is 0.101. The molecule has 1 aliphatic rings. The van der Waals surface area contributed by atoms with Crippen molar-refractivity contribution in [1.29, 1.82) is 0 Å². The van der Waals surface area contributed by atoms with E-state index in [1.807, 2.05) is 42.0 Å². The summed E-state index contributed by atoms with van der Waals surface area (Å²) < 4.78 is 1.06. The number of hydrogen-bond donors (Lipinski definition) is 1. The topological polar surface area (TPSA) is 49.6 Å². The Morgan fingerprint density at radius 1 is 1.42 bits per heavy atom. The monoisotopic (exact) mass is 325 g/mol. The lowest BCUT2D eigenvalue weighted by atomic mass is 10.1. The molecule has 0 bridgehead atoms. The fraction of sp³-hybridized carbons (Fsp3) is 0.500. The Labute approximate surface area is 122 Å². The first-order valence-corrected chi connectivity index (χ1v) is 7.31. The van der Waals surface area contributed by atoms with Gasteiger partial charge in [-0.2, -0.15) is 0 Å². The maximum absolute atomic E-state index is 12.6. The number of carbonyl (C=O) groups excluding carboxylic acids is 1. The number of likely N-dealkylation sites (N-methyl/N-ethyl adjacent to an activating group) is 1. The van der Waals surface area contributed by atoms with Gasteiger partial charge in [-0.3, -0.25) is 9.69 Å². The minimum atomic E-state index is -0.216. The summed E-state index contributed by atoms with van der Waals surface area (Å²) in [6.07, 6.45) is 0.966. The lowest BCUT2D eigenvalue weighted by Crippen LogP contribution is -2.48. The molecule has 0 radical (unpaired) electrons. The highest BCUT2D eigenvalue weighted by molar-refractivity contribution is 9.10. The van der Waals surface area contributed by atoms with Crippen LogP contribution in [-0.4, -0.2) is 43.5 Å². The van der Waals surface area contributed by atoms with E-state index in [2.05, 4.69) is 15.9 Å². The molecule has 0 aromatic heterocycles. The van der Waals surface area contributed by atoms with Crippen molar-refractivity contribution in [3.05, 3.63) is 28.2 Å². The van der Waals surface area contributed by atoms with Gasteiger partial charge in [0, 0.05) is 29.8 Å². The molecule has 1 aromatic carbocycles. The average Bonchev–Trinajstić information content (AvgIpc) is 2.52. The molecule has 1 amide bonds. The van der Waals surface area contributed by atoms with Crippen molar-refractivity contribution in [2.24, 2.45) is 5.73 Å². The third kappa shape index (κ3) is 2.99. The molecule has 1 aliphatic heterocycles. The van der Waals surface area contributed by atoms with E-state index >= 15 is 0 Å². The van der Waals surface area contributed by atoms with Crippen LogP contribution < -0.4 is 10.6 Å². The molecule has 2 rings (SSSR count). The summed E-state index contributed by atoms with van der Waals surface area (Å²) in [5.74, 6) is 0.101. The van der Waals surface area contributed by atoms with Crippen LogP contribution in [-0.2, 0) is 4.79 Å². The number of nitrogens with two attached hydrogens (primary N) is 1. The number of rotatable bonds is 2. The van der Waals surface area contributed by atoms with Gasteiger partial charge in [-0.1, -0.05) is 15.9 Å². The molecule has 1 atom stereocenters. The van der Waals surface area contributed by atoms with E-state index in [9.17, 15) is 4.79 Å². The van der Waals surface area contributed by atoms with Crippen LogP contribution in [0.2, 0.25) is 0 Å². The normalized spacial score (nSPS) is 21.6. The van der Waals surface area contributed by atoms with Crippen molar-refractivity contribution in [1.82, 2.24) is 4.90 Å². The van der Waals surface area contributed by atoms with Crippen LogP contribution >= 0.6 is 15.9 Å². The maximum atomic E-state index is 12.6. The van der Waals surface area contributed by atoms with Crippen LogP contribution in [0.25, 0.3) is 0 Å². The fourth-order valence-corrected chi connectivity index (χ4v) is 2.69. The van der Waals surface area contributed by atoms with Gasteiger partial charge in [0.2, 0.25) is 5.91 Å². The van der Waals surface area contributed by atoms with Crippen molar-refractivity contribution >= 4 is 27.5 Å². The number of carbonyl (C=O) groups is 1. The number of nitrogens with zero attached hydrogens (tertiary/aromatic N) is 2. The second-order valence-electron chi connectivity index (χ2n) is 5.01. The molecule has 1 fully saturated rings. The van der Waals surface area contributed by atoms with Crippen LogP contribution in [0.5, 0.6) is 0 Å². The van der Waals surface area contributed by atoms with Gasteiger partial charge in [0.25, 0.3) is 0 Å². The van der Waals surface area contributed by atoms with Gasteiger partial charge in [0.1, 0.15) is 6.04 Å². The Morgan fingerprint density at radius 2 is 2.16 bits per heavy atom. The number of hydrogen-bond acceptors (Lipinski definition) is 3. The number of benzene rings is 1. The van der Waals surface area contributed by atoms with Crippen molar-refractivity contribution in [2.75, 3.05) is 31.6 Å². The van der Waals surface area contributed by atoms with Crippen LogP contribution in [0.4, 0.5) is 5.69 Å². The van der Waals surface area contributed by atoms with Crippen molar-refractivity contribution < 1.29 is 4.79 Å². The summed E-state index contributed by atoms with van der Waals surface area (Å²) >= 11 is 3.49. The molecule has 0 spiro atoms. The molecule has 1 saturated heterocycles. The molecule has 1 heterocycles. The highest BCUT2D eigenvalue weighted by Crippen LogP contribution is 2.25. The van der Waals surface area contributed by atoms with Gasteiger partial charge in [-0.15, -0.1) is 0 Å². The molecule has 1 unspecified atom stereocenters.